The molecule has 0 saturated heterocycles. The van der Waals surface area contributed by atoms with Gasteiger partial charge in [-0.3, -0.25) is 14.9 Å². The standard InChI is InChI=1S/C19H20N2O6/c1-12(2)27-16-9-5-13(6-10-16)17(11-18(22)23)20-19(24)14-3-7-15(8-4-14)21(25)26/h3-10,12,17H,11H2,1-2H3,(H,20,24)(H,22,23)/p-1/t17-/m0/s1. The Morgan fingerprint density at radius 1 is 1.07 bits per heavy atom. The van der Waals surface area contributed by atoms with Gasteiger partial charge in [-0.15, -0.1) is 0 Å². The van der Waals surface area contributed by atoms with Gasteiger partial charge < -0.3 is 20.0 Å². The first-order chi connectivity index (χ1) is 12.8. The van der Waals surface area contributed by atoms with E-state index in [9.17, 15) is 24.8 Å². The Kier molecular flexibility index (Phi) is 6.48. The predicted octanol–water partition coefficient (Wildman–Crippen LogP) is 1.99. The highest BCUT2D eigenvalue weighted by Gasteiger charge is 2.17. The fourth-order valence-corrected chi connectivity index (χ4v) is 2.45. The first kappa shape index (κ1) is 19.9. The third-order valence-corrected chi connectivity index (χ3v) is 3.67. The summed E-state index contributed by atoms with van der Waals surface area (Å²) in [6.45, 7) is 3.77. The Morgan fingerprint density at radius 3 is 2.15 bits per heavy atom. The molecule has 2 aromatic rings. The third-order valence-electron chi connectivity index (χ3n) is 3.67. The molecule has 0 aliphatic carbocycles. The molecule has 0 aliphatic heterocycles. The van der Waals surface area contributed by atoms with Crippen LogP contribution in [0.25, 0.3) is 0 Å². The lowest BCUT2D eigenvalue weighted by Crippen LogP contribution is -2.34. The van der Waals surface area contributed by atoms with Crippen LogP contribution in [0.1, 0.15) is 42.2 Å². The zero-order valence-electron chi connectivity index (χ0n) is 14.9. The summed E-state index contributed by atoms with van der Waals surface area (Å²) in [5, 5.41) is 24.4. The molecule has 0 spiro atoms. The number of carbonyl (C=O) groups is 2. The highest BCUT2D eigenvalue weighted by molar-refractivity contribution is 5.94. The van der Waals surface area contributed by atoms with Crippen LogP contribution < -0.4 is 15.2 Å². The van der Waals surface area contributed by atoms with E-state index < -0.39 is 29.3 Å². The van der Waals surface area contributed by atoms with Crippen LogP contribution in [0.2, 0.25) is 0 Å². The molecule has 0 fully saturated rings. The number of carbonyl (C=O) groups excluding carboxylic acids is 2. The number of hydrogen-bond donors (Lipinski definition) is 1. The molecule has 8 nitrogen and oxygen atoms in total. The summed E-state index contributed by atoms with van der Waals surface area (Å²) in [4.78, 5) is 33.6. The third kappa shape index (κ3) is 5.81. The Morgan fingerprint density at radius 2 is 1.67 bits per heavy atom. The monoisotopic (exact) mass is 371 g/mol. The molecule has 0 unspecified atom stereocenters. The summed E-state index contributed by atoms with van der Waals surface area (Å²) >= 11 is 0. The summed E-state index contributed by atoms with van der Waals surface area (Å²) in [5.74, 6) is -1.23. The van der Waals surface area contributed by atoms with Crippen molar-refractivity contribution in [3.8, 4) is 5.75 Å². The number of hydrogen-bond acceptors (Lipinski definition) is 6. The van der Waals surface area contributed by atoms with E-state index in [1.165, 1.54) is 24.3 Å². The van der Waals surface area contributed by atoms with Crippen molar-refractivity contribution in [2.75, 3.05) is 0 Å². The van der Waals surface area contributed by atoms with Crippen LogP contribution in [-0.2, 0) is 4.79 Å². The second-order valence-corrected chi connectivity index (χ2v) is 6.14. The maximum Gasteiger partial charge on any atom is 0.269 e. The summed E-state index contributed by atoms with van der Waals surface area (Å²) in [6, 6.07) is 10.9. The molecule has 0 saturated carbocycles. The molecule has 0 heterocycles. The highest BCUT2D eigenvalue weighted by Crippen LogP contribution is 2.22. The van der Waals surface area contributed by atoms with Crippen molar-refractivity contribution < 1.29 is 24.4 Å². The van der Waals surface area contributed by atoms with Crippen LogP contribution in [-0.4, -0.2) is 22.9 Å². The van der Waals surface area contributed by atoms with Crippen LogP contribution in [0.5, 0.6) is 5.75 Å². The molecule has 0 aromatic heterocycles. The van der Waals surface area contributed by atoms with E-state index in [2.05, 4.69) is 5.32 Å². The number of nitrogens with one attached hydrogen (secondary N) is 1. The number of benzene rings is 2. The van der Waals surface area contributed by atoms with Crippen LogP contribution >= 0.6 is 0 Å². The van der Waals surface area contributed by atoms with Gasteiger partial charge in [-0.1, -0.05) is 12.1 Å². The maximum absolute atomic E-state index is 12.4. The minimum atomic E-state index is -1.31. The Balaban J connectivity index is 2.17. The number of nitrogens with zero attached hydrogens (tertiary/aromatic N) is 1. The molecule has 27 heavy (non-hydrogen) atoms. The number of nitro benzene ring substituents is 1. The van der Waals surface area contributed by atoms with Gasteiger partial charge in [0.1, 0.15) is 5.75 Å². The van der Waals surface area contributed by atoms with E-state index in [-0.39, 0.29) is 17.4 Å². The van der Waals surface area contributed by atoms with E-state index in [0.717, 1.165) is 0 Å². The fraction of sp³-hybridized carbons (Fsp3) is 0.263. The van der Waals surface area contributed by atoms with Gasteiger partial charge in [0.25, 0.3) is 11.6 Å². The average molecular weight is 371 g/mol. The van der Waals surface area contributed by atoms with Crippen molar-refractivity contribution >= 4 is 17.6 Å². The normalized spacial score (nSPS) is 11.7. The second kappa shape index (κ2) is 8.79. The number of aliphatic carboxylic acids is 1. The first-order valence-electron chi connectivity index (χ1n) is 8.28. The molecule has 0 aliphatic rings. The van der Waals surface area contributed by atoms with Gasteiger partial charge in [0.2, 0.25) is 0 Å². The zero-order valence-corrected chi connectivity index (χ0v) is 14.9. The van der Waals surface area contributed by atoms with Gasteiger partial charge in [-0.25, -0.2) is 0 Å². The number of amides is 1. The van der Waals surface area contributed by atoms with E-state index in [0.29, 0.717) is 11.3 Å². The lowest BCUT2D eigenvalue weighted by molar-refractivity contribution is -0.384. The summed E-state index contributed by atoms with van der Waals surface area (Å²) in [6.07, 6.45) is -0.417. The summed E-state index contributed by atoms with van der Waals surface area (Å²) in [7, 11) is 0. The van der Waals surface area contributed by atoms with Crippen molar-refractivity contribution in [2.24, 2.45) is 0 Å². The molecule has 2 rings (SSSR count). The van der Waals surface area contributed by atoms with Crippen LogP contribution in [0, 0.1) is 10.1 Å². The van der Waals surface area contributed by atoms with Crippen molar-refractivity contribution in [2.45, 2.75) is 32.4 Å². The Bertz CT molecular complexity index is 815. The molecule has 1 atom stereocenters. The van der Waals surface area contributed by atoms with Gasteiger partial charge in [0.15, 0.2) is 0 Å². The quantitative estimate of drug-likeness (QED) is 0.559. The van der Waals surface area contributed by atoms with E-state index >= 15 is 0 Å². The summed E-state index contributed by atoms with van der Waals surface area (Å²) in [5.41, 5.74) is 0.618. The van der Waals surface area contributed by atoms with Crippen LogP contribution in [0.3, 0.4) is 0 Å². The number of rotatable bonds is 8. The first-order valence-corrected chi connectivity index (χ1v) is 8.28. The van der Waals surface area contributed by atoms with Crippen LogP contribution in [0.4, 0.5) is 5.69 Å². The van der Waals surface area contributed by atoms with Gasteiger partial charge in [-0.2, -0.15) is 0 Å². The zero-order chi connectivity index (χ0) is 20.0. The topological polar surface area (TPSA) is 122 Å². The largest absolute Gasteiger partial charge is 0.550 e. The van der Waals surface area contributed by atoms with Gasteiger partial charge in [-0.05, 0) is 43.7 Å². The van der Waals surface area contributed by atoms with E-state index in [1.807, 2.05) is 13.8 Å². The number of nitro groups is 1. The molecule has 2 aromatic carbocycles. The molecule has 8 heteroatoms. The van der Waals surface area contributed by atoms with Crippen molar-refractivity contribution in [1.29, 1.82) is 0 Å². The Labute approximate surface area is 155 Å². The number of carboxylic acids is 1. The second-order valence-electron chi connectivity index (χ2n) is 6.14. The predicted molar refractivity (Wildman–Crippen MR) is 95.1 cm³/mol. The molecule has 1 N–H and O–H groups in total. The van der Waals surface area contributed by atoms with Gasteiger partial charge in [0, 0.05) is 30.1 Å². The highest BCUT2D eigenvalue weighted by atomic mass is 16.6. The summed E-state index contributed by atoms with van der Waals surface area (Å²) < 4.78 is 5.54. The van der Waals surface area contributed by atoms with Crippen molar-refractivity contribution in [1.82, 2.24) is 5.32 Å². The molecular formula is C19H19N2O6-. The molecule has 142 valence electrons. The molecule has 1 amide bonds. The van der Waals surface area contributed by atoms with Crippen molar-refractivity contribution in [3.63, 3.8) is 0 Å². The fourth-order valence-electron chi connectivity index (χ4n) is 2.45. The Hall–Kier alpha value is -3.42. The maximum atomic E-state index is 12.4. The minimum absolute atomic E-state index is 0.00305. The smallest absolute Gasteiger partial charge is 0.269 e. The van der Waals surface area contributed by atoms with E-state index in [4.69, 9.17) is 4.74 Å². The SMILES string of the molecule is CC(C)Oc1ccc([C@H](CC(=O)[O-])NC(=O)c2ccc([N+](=O)[O-])cc2)cc1. The van der Waals surface area contributed by atoms with Crippen LogP contribution in [0.15, 0.2) is 48.5 Å². The number of non-ortho nitro benzene ring substituents is 1. The number of ether oxygens (including phenoxy) is 1. The van der Waals surface area contributed by atoms with Crippen molar-refractivity contribution in [3.05, 3.63) is 69.8 Å². The molecular weight excluding hydrogens is 352 g/mol. The van der Waals surface area contributed by atoms with E-state index in [1.54, 1.807) is 24.3 Å². The number of carboxylic acid groups (broad SMARTS) is 1. The van der Waals surface area contributed by atoms with Gasteiger partial charge in [0.05, 0.1) is 17.1 Å². The average Bonchev–Trinajstić information content (AvgIpc) is 2.61. The molecule has 0 bridgehead atoms. The van der Waals surface area contributed by atoms with Gasteiger partial charge >= 0.3 is 0 Å². The lowest BCUT2D eigenvalue weighted by Gasteiger charge is -2.20. The minimum Gasteiger partial charge on any atom is -0.550 e. The lowest BCUT2D eigenvalue weighted by atomic mass is 10.0. The molecule has 0 radical (unpaired) electrons.